The molecular formula is C25H25ClN4O3S. The number of nitrogens with one attached hydrogen (secondary N) is 1. The summed E-state index contributed by atoms with van der Waals surface area (Å²) in [7, 11) is 0. The SMILES string of the molecule is O=C(NCc1ccc2c(c1)OCO2)c1cccc(CSc2nc(Cl)cc(N3CCCCC3)n2)c1. The van der Waals surface area contributed by atoms with E-state index in [1.165, 1.54) is 31.0 Å². The van der Waals surface area contributed by atoms with Gasteiger partial charge in [0.1, 0.15) is 11.0 Å². The highest BCUT2D eigenvalue weighted by Crippen LogP contribution is 2.32. The highest BCUT2D eigenvalue weighted by Gasteiger charge is 2.16. The lowest BCUT2D eigenvalue weighted by atomic mass is 10.1. The minimum atomic E-state index is -0.129. The van der Waals surface area contributed by atoms with E-state index in [2.05, 4.69) is 15.2 Å². The predicted octanol–water partition coefficient (Wildman–Crippen LogP) is 5.07. The van der Waals surface area contributed by atoms with Gasteiger partial charge in [-0.15, -0.1) is 0 Å². The third-order valence-electron chi connectivity index (χ3n) is 5.79. The largest absolute Gasteiger partial charge is 0.454 e. The molecule has 0 aliphatic carbocycles. The Morgan fingerprint density at radius 3 is 2.74 bits per heavy atom. The van der Waals surface area contributed by atoms with Crippen LogP contribution in [0.15, 0.2) is 53.7 Å². The molecule has 0 saturated carbocycles. The van der Waals surface area contributed by atoms with Gasteiger partial charge >= 0.3 is 0 Å². The van der Waals surface area contributed by atoms with Gasteiger partial charge in [0.15, 0.2) is 16.7 Å². The summed E-state index contributed by atoms with van der Waals surface area (Å²) in [6, 6.07) is 15.1. The summed E-state index contributed by atoms with van der Waals surface area (Å²) in [5.41, 5.74) is 2.58. The maximum Gasteiger partial charge on any atom is 0.251 e. The maximum atomic E-state index is 12.7. The minimum absolute atomic E-state index is 0.129. The first-order valence-electron chi connectivity index (χ1n) is 11.3. The summed E-state index contributed by atoms with van der Waals surface area (Å²) in [5, 5.41) is 4.07. The first-order valence-corrected chi connectivity index (χ1v) is 12.7. The third-order valence-corrected chi connectivity index (χ3v) is 6.90. The van der Waals surface area contributed by atoms with Crippen LogP contribution in [-0.4, -0.2) is 35.8 Å². The van der Waals surface area contributed by atoms with Gasteiger partial charge in [-0.05, 0) is 54.7 Å². The lowest BCUT2D eigenvalue weighted by Gasteiger charge is -2.27. The van der Waals surface area contributed by atoms with Crippen molar-refractivity contribution in [2.75, 3.05) is 24.8 Å². The third kappa shape index (κ3) is 5.56. The van der Waals surface area contributed by atoms with Crippen molar-refractivity contribution < 1.29 is 14.3 Å². The molecule has 3 heterocycles. The first kappa shape index (κ1) is 22.8. The summed E-state index contributed by atoms with van der Waals surface area (Å²) in [6.07, 6.45) is 3.61. The molecule has 5 rings (SSSR count). The Hall–Kier alpha value is -2.97. The maximum absolute atomic E-state index is 12.7. The Morgan fingerprint density at radius 2 is 1.85 bits per heavy atom. The van der Waals surface area contributed by atoms with Gasteiger partial charge in [-0.2, -0.15) is 0 Å². The average molecular weight is 497 g/mol. The summed E-state index contributed by atoms with van der Waals surface area (Å²) in [5.74, 6) is 2.84. The van der Waals surface area contributed by atoms with Crippen molar-refractivity contribution in [3.8, 4) is 11.5 Å². The van der Waals surface area contributed by atoms with E-state index in [9.17, 15) is 4.79 Å². The lowest BCUT2D eigenvalue weighted by molar-refractivity contribution is 0.0950. The number of anilines is 1. The van der Waals surface area contributed by atoms with Crippen molar-refractivity contribution in [3.05, 3.63) is 70.4 Å². The van der Waals surface area contributed by atoms with E-state index in [1.807, 2.05) is 48.5 Å². The number of fused-ring (bicyclic) bond motifs is 1. The monoisotopic (exact) mass is 496 g/mol. The summed E-state index contributed by atoms with van der Waals surface area (Å²) < 4.78 is 10.7. The minimum Gasteiger partial charge on any atom is -0.454 e. The van der Waals surface area contributed by atoms with Crippen molar-refractivity contribution in [3.63, 3.8) is 0 Å². The molecule has 0 bridgehead atoms. The molecule has 2 aliphatic rings. The molecule has 1 saturated heterocycles. The van der Waals surface area contributed by atoms with E-state index < -0.39 is 0 Å². The second-order valence-corrected chi connectivity index (χ2v) is 9.57. The quantitative estimate of drug-likeness (QED) is 0.278. The molecule has 1 amide bonds. The first-order chi connectivity index (χ1) is 16.6. The second kappa shape index (κ2) is 10.5. The number of nitrogens with zero attached hydrogens (tertiary/aromatic N) is 3. The average Bonchev–Trinajstić information content (AvgIpc) is 3.34. The number of hydrogen-bond acceptors (Lipinski definition) is 7. The molecule has 7 nitrogen and oxygen atoms in total. The normalized spacial score (nSPS) is 14.8. The molecule has 3 aromatic rings. The van der Waals surface area contributed by atoms with Crippen molar-refractivity contribution in [1.82, 2.24) is 15.3 Å². The van der Waals surface area contributed by atoms with Gasteiger partial charge < -0.3 is 19.7 Å². The van der Waals surface area contributed by atoms with Crippen LogP contribution >= 0.6 is 23.4 Å². The number of halogens is 1. The Balaban J connectivity index is 1.19. The summed E-state index contributed by atoms with van der Waals surface area (Å²) >= 11 is 7.79. The zero-order chi connectivity index (χ0) is 23.3. The summed E-state index contributed by atoms with van der Waals surface area (Å²) in [6.45, 7) is 2.64. The molecule has 1 fully saturated rings. The van der Waals surface area contributed by atoms with E-state index in [1.54, 1.807) is 0 Å². The van der Waals surface area contributed by atoms with Crippen molar-refractivity contribution in [2.24, 2.45) is 0 Å². The molecule has 34 heavy (non-hydrogen) atoms. The number of carbonyl (C=O) groups excluding carboxylic acids is 1. The Morgan fingerprint density at radius 1 is 1.00 bits per heavy atom. The van der Waals surface area contributed by atoms with Crippen LogP contribution in [0.2, 0.25) is 5.15 Å². The number of thioether (sulfide) groups is 1. The number of piperidine rings is 1. The number of rotatable bonds is 7. The van der Waals surface area contributed by atoms with Crippen LogP contribution in [0, 0.1) is 0 Å². The zero-order valence-electron chi connectivity index (χ0n) is 18.6. The van der Waals surface area contributed by atoms with E-state index >= 15 is 0 Å². The van der Waals surface area contributed by atoms with Crippen molar-refractivity contribution in [1.29, 1.82) is 0 Å². The van der Waals surface area contributed by atoms with Crippen LogP contribution in [0.3, 0.4) is 0 Å². The number of benzene rings is 2. The van der Waals surface area contributed by atoms with Crippen LogP contribution in [0.4, 0.5) is 5.82 Å². The molecule has 0 radical (unpaired) electrons. The molecule has 0 atom stereocenters. The van der Waals surface area contributed by atoms with Gasteiger partial charge in [-0.1, -0.05) is 41.6 Å². The highest BCUT2D eigenvalue weighted by atomic mass is 35.5. The molecule has 176 valence electrons. The number of hydrogen-bond donors (Lipinski definition) is 1. The van der Waals surface area contributed by atoms with Gasteiger partial charge in [-0.25, -0.2) is 9.97 Å². The molecule has 9 heteroatoms. The number of ether oxygens (including phenoxy) is 2. The second-order valence-electron chi connectivity index (χ2n) is 8.24. The van der Waals surface area contributed by atoms with Gasteiger partial charge in [-0.3, -0.25) is 4.79 Å². The standard InChI is InChI=1S/C25H25ClN4O3S/c26-22-13-23(30-9-2-1-3-10-30)29-25(28-22)34-15-18-5-4-6-19(11-18)24(31)27-14-17-7-8-20-21(12-17)33-16-32-20/h4-8,11-13H,1-3,9-10,14-16H2,(H,27,31). The lowest BCUT2D eigenvalue weighted by Crippen LogP contribution is -2.30. The van der Waals surface area contributed by atoms with E-state index in [0.717, 1.165) is 35.8 Å². The van der Waals surface area contributed by atoms with Crippen LogP contribution < -0.4 is 19.7 Å². The smallest absolute Gasteiger partial charge is 0.251 e. The molecule has 1 N–H and O–H groups in total. The van der Waals surface area contributed by atoms with E-state index in [4.69, 9.17) is 26.1 Å². The molecule has 1 aromatic heterocycles. The number of amides is 1. The fraction of sp³-hybridized carbons (Fsp3) is 0.320. The van der Waals surface area contributed by atoms with Gasteiger partial charge in [0.25, 0.3) is 5.91 Å². The van der Waals surface area contributed by atoms with Crippen molar-refractivity contribution in [2.45, 2.75) is 36.7 Å². The fourth-order valence-corrected chi connectivity index (χ4v) is 5.04. The van der Waals surface area contributed by atoms with E-state index in [0.29, 0.717) is 33.9 Å². The highest BCUT2D eigenvalue weighted by molar-refractivity contribution is 7.98. The van der Waals surface area contributed by atoms with E-state index in [-0.39, 0.29) is 12.7 Å². The molecular weight excluding hydrogens is 472 g/mol. The van der Waals surface area contributed by atoms with Crippen LogP contribution in [0.5, 0.6) is 11.5 Å². The van der Waals surface area contributed by atoms with Gasteiger partial charge in [0.2, 0.25) is 6.79 Å². The zero-order valence-corrected chi connectivity index (χ0v) is 20.2. The Kier molecular flexibility index (Phi) is 7.06. The fourth-order valence-electron chi connectivity index (χ4n) is 4.02. The molecule has 2 aromatic carbocycles. The van der Waals surface area contributed by atoms with Crippen LogP contribution in [0.1, 0.15) is 40.7 Å². The topological polar surface area (TPSA) is 76.6 Å². The Labute approximate surface area is 207 Å². The van der Waals surface area contributed by atoms with Gasteiger partial charge in [0.05, 0.1) is 0 Å². The van der Waals surface area contributed by atoms with Gasteiger partial charge in [0, 0.05) is 37.0 Å². The van der Waals surface area contributed by atoms with Crippen LogP contribution in [-0.2, 0) is 12.3 Å². The molecule has 2 aliphatic heterocycles. The molecule has 0 spiro atoms. The molecule has 0 unspecified atom stereocenters. The summed E-state index contributed by atoms with van der Waals surface area (Å²) in [4.78, 5) is 24.1. The predicted molar refractivity (Wildman–Crippen MR) is 133 cm³/mol. The van der Waals surface area contributed by atoms with Crippen molar-refractivity contribution >= 4 is 35.1 Å². The van der Waals surface area contributed by atoms with Crippen LogP contribution in [0.25, 0.3) is 0 Å². The number of carbonyl (C=O) groups is 1. The number of aromatic nitrogens is 2. The Bertz CT molecular complexity index is 1190.